The van der Waals surface area contributed by atoms with Crippen LogP contribution in [0.4, 0.5) is 0 Å². The third-order valence-corrected chi connectivity index (χ3v) is 9.05. The Morgan fingerprint density at radius 3 is 0.904 bits per heavy atom. The number of aromatic nitrogens is 2. The Morgan fingerprint density at radius 1 is 0.346 bits per heavy atom. The Labute approximate surface area is 302 Å². The van der Waals surface area contributed by atoms with Crippen molar-refractivity contribution in [3.8, 4) is 91.6 Å². The molecule has 0 bridgehead atoms. The van der Waals surface area contributed by atoms with Crippen LogP contribution in [0.15, 0.2) is 133 Å². The van der Waals surface area contributed by atoms with Gasteiger partial charge in [0.05, 0.1) is 45.0 Å². The van der Waals surface area contributed by atoms with Crippen molar-refractivity contribution in [2.75, 3.05) is 0 Å². The molecule has 7 aromatic rings. The van der Waals surface area contributed by atoms with Crippen molar-refractivity contribution in [1.29, 1.82) is 21.0 Å². The molecular weight excluding hydrogens is 637 g/mol. The van der Waals surface area contributed by atoms with Crippen molar-refractivity contribution < 1.29 is 0 Å². The first-order valence-electron chi connectivity index (χ1n) is 16.6. The maximum absolute atomic E-state index is 10.9. The van der Waals surface area contributed by atoms with Crippen LogP contribution in [0.1, 0.15) is 33.4 Å². The zero-order chi connectivity index (χ0) is 36.2. The largest absolute Gasteiger partial charge is 0.245 e. The molecule has 5 aromatic carbocycles. The summed E-state index contributed by atoms with van der Waals surface area (Å²) >= 11 is 0. The average Bonchev–Trinajstić information content (AvgIpc) is 3.20. The summed E-state index contributed by atoms with van der Waals surface area (Å²) in [6.45, 7) is 3.97. The minimum atomic E-state index is 0.208. The van der Waals surface area contributed by atoms with Gasteiger partial charge in [0.1, 0.15) is 24.3 Å². The van der Waals surface area contributed by atoms with Gasteiger partial charge in [0.15, 0.2) is 0 Å². The normalized spacial score (nSPS) is 10.4. The summed E-state index contributed by atoms with van der Waals surface area (Å²) in [6, 6.07) is 51.2. The van der Waals surface area contributed by atoms with E-state index in [9.17, 15) is 21.0 Å². The van der Waals surface area contributed by atoms with Crippen LogP contribution in [-0.4, -0.2) is 9.97 Å². The fraction of sp³-hybridized carbons (Fsp3) is 0.0435. The van der Waals surface area contributed by atoms with Gasteiger partial charge in [-0.2, -0.15) is 21.0 Å². The Kier molecular flexibility index (Phi) is 8.90. The minimum absolute atomic E-state index is 0.208. The van der Waals surface area contributed by atoms with Crippen molar-refractivity contribution in [2.24, 2.45) is 0 Å². The molecule has 0 atom stereocenters. The average molecular weight is 665 g/mol. The number of aryl methyl sites for hydroxylation is 2. The van der Waals surface area contributed by atoms with Gasteiger partial charge in [-0.3, -0.25) is 0 Å². The van der Waals surface area contributed by atoms with Crippen LogP contribution in [0.3, 0.4) is 0 Å². The Hall–Kier alpha value is -7.64. The van der Waals surface area contributed by atoms with E-state index >= 15 is 0 Å². The number of hydrogen-bond acceptors (Lipinski definition) is 6. The topological polar surface area (TPSA) is 121 Å². The number of nitrogens with zero attached hydrogens (tertiary/aromatic N) is 6. The number of pyridine rings is 2. The van der Waals surface area contributed by atoms with Gasteiger partial charge in [0, 0.05) is 33.4 Å². The number of nitriles is 4. The van der Waals surface area contributed by atoms with E-state index in [1.807, 2.05) is 147 Å². The fourth-order valence-corrected chi connectivity index (χ4v) is 6.51. The molecule has 0 N–H and O–H groups in total. The van der Waals surface area contributed by atoms with Crippen molar-refractivity contribution >= 4 is 0 Å². The molecule has 0 spiro atoms. The van der Waals surface area contributed by atoms with Gasteiger partial charge in [-0.25, -0.2) is 9.97 Å². The monoisotopic (exact) mass is 664 g/mol. The Balaban J connectivity index is 1.65. The molecule has 242 valence electrons. The summed E-state index contributed by atoms with van der Waals surface area (Å²) in [5.74, 6) is 0. The molecule has 0 fully saturated rings. The zero-order valence-corrected chi connectivity index (χ0v) is 28.4. The molecule has 2 aromatic heterocycles. The summed E-state index contributed by atoms with van der Waals surface area (Å²) in [5, 5.41) is 43.6. The SMILES string of the molecule is Cc1ccc(-c2nc(-c3ccccc3)c(C#N)c(-c3ccccc3-c3c(C#N)c(-c4ccccc4)nc(-c4ccc(C)cc4)c3C#N)c2C#N)cc1. The molecule has 6 heteroatoms. The predicted octanol–water partition coefficient (Wildman–Crippen LogP) is 10.6. The molecule has 0 radical (unpaired) electrons. The van der Waals surface area contributed by atoms with Crippen LogP contribution in [0.5, 0.6) is 0 Å². The molecule has 0 aliphatic rings. The van der Waals surface area contributed by atoms with Gasteiger partial charge >= 0.3 is 0 Å². The van der Waals surface area contributed by atoms with E-state index in [1.165, 1.54) is 0 Å². The fourth-order valence-electron chi connectivity index (χ4n) is 6.51. The lowest BCUT2D eigenvalue weighted by atomic mass is 9.82. The molecule has 0 saturated heterocycles. The van der Waals surface area contributed by atoms with E-state index < -0.39 is 0 Å². The molecular formula is C46H28N6. The number of rotatable bonds is 6. The van der Waals surface area contributed by atoms with Crippen LogP contribution in [0.2, 0.25) is 0 Å². The minimum Gasteiger partial charge on any atom is -0.245 e. The smallest absolute Gasteiger partial charge is 0.102 e. The first-order valence-corrected chi connectivity index (χ1v) is 16.6. The highest BCUT2D eigenvalue weighted by Gasteiger charge is 2.29. The Morgan fingerprint density at radius 2 is 0.615 bits per heavy atom. The van der Waals surface area contributed by atoms with Crippen LogP contribution >= 0.6 is 0 Å². The second-order valence-corrected chi connectivity index (χ2v) is 12.3. The number of hydrogen-bond donors (Lipinski definition) is 0. The summed E-state index contributed by atoms with van der Waals surface area (Å²) in [5.41, 5.74) is 9.23. The molecule has 7 rings (SSSR count). The van der Waals surface area contributed by atoms with Crippen molar-refractivity contribution in [3.63, 3.8) is 0 Å². The Bertz CT molecular complexity index is 2460. The molecule has 0 aliphatic heterocycles. The van der Waals surface area contributed by atoms with Gasteiger partial charge in [-0.1, -0.05) is 145 Å². The van der Waals surface area contributed by atoms with Crippen molar-refractivity contribution in [3.05, 3.63) is 167 Å². The van der Waals surface area contributed by atoms with Crippen LogP contribution < -0.4 is 0 Å². The standard InChI is InChI=1S/C46H28N6/c1-29-17-21-33(22-18-29)45-39(27-49)41(37(25-47)43(51-45)31-11-5-3-6-12-31)35-15-9-10-16-36(35)42-38(26-48)44(32-13-7-4-8-14-32)52-46(40(42)28-50)34-23-19-30(2)20-24-34/h3-24H,1-2H3. The third kappa shape index (κ3) is 5.84. The van der Waals surface area contributed by atoms with Crippen LogP contribution in [0.25, 0.3) is 67.3 Å². The highest BCUT2D eigenvalue weighted by Crippen LogP contribution is 2.46. The zero-order valence-electron chi connectivity index (χ0n) is 28.4. The highest BCUT2D eigenvalue weighted by atomic mass is 14.7. The maximum Gasteiger partial charge on any atom is 0.102 e. The molecule has 0 unspecified atom stereocenters. The van der Waals surface area contributed by atoms with Crippen molar-refractivity contribution in [2.45, 2.75) is 13.8 Å². The second kappa shape index (κ2) is 14.1. The summed E-state index contributed by atoms with van der Waals surface area (Å²) in [4.78, 5) is 9.99. The molecule has 0 aliphatic carbocycles. The second-order valence-electron chi connectivity index (χ2n) is 12.3. The quantitative estimate of drug-likeness (QED) is 0.174. The van der Waals surface area contributed by atoms with Crippen LogP contribution in [-0.2, 0) is 0 Å². The van der Waals surface area contributed by atoms with E-state index in [-0.39, 0.29) is 22.3 Å². The lowest BCUT2D eigenvalue weighted by Gasteiger charge is -2.21. The molecule has 52 heavy (non-hydrogen) atoms. The van der Waals surface area contributed by atoms with Gasteiger partial charge in [0.25, 0.3) is 0 Å². The molecule has 6 nitrogen and oxygen atoms in total. The van der Waals surface area contributed by atoms with E-state index in [1.54, 1.807) is 0 Å². The third-order valence-electron chi connectivity index (χ3n) is 9.05. The van der Waals surface area contributed by atoms with Gasteiger partial charge in [-0.05, 0) is 25.0 Å². The van der Waals surface area contributed by atoms with Gasteiger partial charge in [0.2, 0.25) is 0 Å². The summed E-state index contributed by atoms with van der Waals surface area (Å²) in [6.07, 6.45) is 0. The summed E-state index contributed by atoms with van der Waals surface area (Å²) in [7, 11) is 0. The van der Waals surface area contributed by atoms with E-state index in [2.05, 4.69) is 24.3 Å². The first-order chi connectivity index (χ1) is 25.5. The first kappa shape index (κ1) is 32.9. The van der Waals surface area contributed by atoms with E-state index in [0.29, 0.717) is 56.2 Å². The molecule has 2 heterocycles. The lowest BCUT2D eigenvalue weighted by Crippen LogP contribution is -2.05. The van der Waals surface area contributed by atoms with E-state index in [0.717, 1.165) is 22.3 Å². The lowest BCUT2D eigenvalue weighted by molar-refractivity contribution is 1.27. The molecule has 0 saturated carbocycles. The van der Waals surface area contributed by atoms with Crippen molar-refractivity contribution in [1.82, 2.24) is 9.97 Å². The van der Waals surface area contributed by atoms with Gasteiger partial charge < -0.3 is 0 Å². The van der Waals surface area contributed by atoms with E-state index in [4.69, 9.17) is 9.97 Å². The number of benzene rings is 5. The van der Waals surface area contributed by atoms with Gasteiger partial charge in [-0.15, -0.1) is 0 Å². The molecule has 0 amide bonds. The predicted molar refractivity (Wildman–Crippen MR) is 203 cm³/mol. The maximum atomic E-state index is 10.9. The summed E-state index contributed by atoms with van der Waals surface area (Å²) < 4.78 is 0. The highest BCUT2D eigenvalue weighted by molar-refractivity contribution is 5.99. The van der Waals surface area contributed by atoms with Crippen LogP contribution in [0, 0.1) is 59.2 Å².